The Labute approximate surface area is 155 Å². The molecule has 2 aromatic carbocycles. The van der Waals surface area contributed by atoms with E-state index in [1.54, 1.807) is 0 Å². The summed E-state index contributed by atoms with van der Waals surface area (Å²) in [6.45, 7) is 8.94. The second-order valence-corrected chi connectivity index (χ2v) is 7.65. The molecule has 4 heteroatoms. The van der Waals surface area contributed by atoms with Crippen LogP contribution < -0.4 is 10.1 Å². The minimum absolute atomic E-state index is 0.000560. The highest BCUT2D eigenvalue weighted by atomic mass is 35.5. The van der Waals surface area contributed by atoms with Gasteiger partial charge in [-0.05, 0) is 60.2 Å². The molecule has 0 fully saturated rings. The highest BCUT2D eigenvalue weighted by molar-refractivity contribution is 6.31. The maximum Gasteiger partial charge on any atom is 0.224 e. The van der Waals surface area contributed by atoms with Gasteiger partial charge in [0, 0.05) is 17.1 Å². The molecule has 0 aliphatic heterocycles. The standard InChI is InChI=1S/C21H26ClNO2/c1-15-14-18(11-12-19(15)22)25-13-5-6-20(24)23-17-9-7-16(8-10-17)21(2,3)4/h7-12,14H,5-6,13H2,1-4H3,(H,23,24). The van der Waals surface area contributed by atoms with Crippen LogP contribution in [0.5, 0.6) is 5.75 Å². The van der Waals surface area contributed by atoms with Crippen LogP contribution in [-0.4, -0.2) is 12.5 Å². The molecule has 134 valence electrons. The molecule has 3 nitrogen and oxygen atoms in total. The molecule has 0 unspecified atom stereocenters. The Morgan fingerprint density at radius 1 is 1.12 bits per heavy atom. The summed E-state index contributed by atoms with van der Waals surface area (Å²) < 4.78 is 5.66. The first-order valence-corrected chi connectivity index (χ1v) is 8.93. The maximum absolute atomic E-state index is 12.0. The van der Waals surface area contributed by atoms with Gasteiger partial charge < -0.3 is 10.1 Å². The number of carbonyl (C=O) groups excluding carboxylic acids is 1. The monoisotopic (exact) mass is 359 g/mol. The number of nitrogens with one attached hydrogen (secondary N) is 1. The van der Waals surface area contributed by atoms with E-state index in [1.165, 1.54) is 5.56 Å². The minimum atomic E-state index is -0.000560. The van der Waals surface area contributed by atoms with E-state index in [4.69, 9.17) is 16.3 Å². The first-order chi connectivity index (χ1) is 11.8. The minimum Gasteiger partial charge on any atom is -0.494 e. The van der Waals surface area contributed by atoms with Gasteiger partial charge >= 0.3 is 0 Å². The first kappa shape index (κ1) is 19.3. The summed E-state index contributed by atoms with van der Waals surface area (Å²) in [5.41, 5.74) is 3.17. The summed E-state index contributed by atoms with van der Waals surface area (Å²) in [6, 6.07) is 13.6. The van der Waals surface area contributed by atoms with Crippen molar-refractivity contribution in [2.45, 2.75) is 46.0 Å². The van der Waals surface area contributed by atoms with Crippen LogP contribution in [0.15, 0.2) is 42.5 Å². The molecule has 0 aromatic heterocycles. The second-order valence-electron chi connectivity index (χ2n) is 7.24. The van der Waals surface area contributed by atoms with Crippen LogP contribution in [0, 0.1) is 6.92 Å². The van der Waals surface area contributed by atoms with E-state index in [-0.39, 0.29) is 11.3 Å². The summed E-state index contributed by atoms with van der Waals surface area (Å²) in [5.74, 6) is 0.777. The zero-order valence-electron chi connectivity index (χ0n) is 15.4. The highest BCUT2D eigenvalue weighted by Crippen LogP contribution is 2.24. The lowest BCUT2D eigenvalue weighted by atomic mass is 9.87. The maximum atomic E-state index is 12.0. The molecule has 0 saturated heterocycles. The molecule has 0 aliphatic rings. The number of ether oxygens (including phenoxy) is 1. The van der Waals surface area contributed by atoms with Crippen LogP contribution in [-0.2, 0) is 10.2 Å². The smallest absolute Gasteiger partial charge is 0.224 e. The molecule has 2 aromatic rings. The number of benzene rings is 2. The van der Waals surface area contributed by atoms with Crippen molar-refractivity contribution in [1.82, 2.24) is 0 Å². The van der Waals surface area contributed by atoms with Crippen LogP contribution >= 0.6 is 11.6 Å². The van der Waals surface area contributed by atoms with Crippen molar-refractivity contribution in [2.75, 3.05) is 11.9 Å². The van der Waals surface area contributed by atoms with E-state index in [0.717, 1.165) is 22.0 Å². The quantitative estimate of drug-likeness (QED) is 0.667. The SMILES string of the molecule is Cc1cc(OCCCC(=O)Nc2ccc(C(C)(C)C)cc2)ccc1Cl. The largest absolute Gasteiger partial charge is 0.494 e. The van der Waals surface area contributed by atoms with Crippen LogP contribution in [0.25, 0.3) is 0 Å². The van der Waals surface area contributed by atoms with Gasteiger partial charge in [0.2, 0.25) is 5.91 Å². The average molecular weight is 360 g/mol. The topological polar surface area (TPSA) is 38.3 Å². The Bertz CT molecular complexity index is 718. The molecular weight excluding hydrogens is 334 g/mol. The second kappa shape index (κ2) is 8.39. The van der Waals surface area contributed by atoms with Crippen LogP contribution in [0.3, 0.4) is 0 Å². The fourth-order valence-corrected chi connectivity index (χ4v) is 2.52. The Kier molecular flexibility index (Phi) is 6.49. The number of aryl methyl sites for hydroxylation is 1. The zero-order chi connectivity index (χ0) is 18.4. The van der Waals surface area contributed by atoms with E-state index in [1.807, 2.05) is 37.3 Å². The Hall–Kier alpha value is -2.00. The van der Waals surface area contributed by atoms with Gasteiger partial charge in [0.15, 0.2) is 0 Å². The highest BCUT2D eigenvalue weighted by Gasteiger charge is 2.13. The van der Waals surface area contributed by atoms with Gasteiger partial charge in [-0.3, -0.25) is 4.79 Å². The number of carbonyl (C=O) groups is 1. The van der Waals surface area contributed by atoms with Crippen LogP contribution in [0.4, 0.5) is 5.69 Å². The number of anilines is 1. The Morgan fingerprint density at radius 2 is 1.80 bits per heavy atom. The molecule has 0 bridgehead atoms. The zero-order valence-corrected chi connectivity index (χ0v) is 16.1. The van der Waals surface area contributed by atoms with Gasteiger partial charge in [0.25, 0.3) is 0 Å². The molecule has 1 amide bonds. The normalized spacial score (nSPS) is 11.2. The average Bonchev–Trinajstić information content (AvgIpc) is 2.54. The summed E-state index contributed by atoms with van der Waals surface area (Å²) in [7, 11) is 0. The third-order valence-corrected chi connectivity index (χ3v) is 4.41. The number of amides is 1. The summed E-state index contributed by atoms with van der Waals surface area (Å²) >= 11 is 5.99. The van der Waals surface area contributed by atoms with Gasteiger partial charge in [0.1, 0.15) is 5.75 Å². The lowest BCUT2D eigenvalue weighted by Crippen LogP contribution is -2.14. The fraction of sp³-hybridized carbons (Fsp3) is 0.381. The van der Waals surface area contributed by atoms with Crippen LogP contribution in [0.2, 0.25) is 5.02 Å². The number of rotatable bonds is 6. The Morgan fingerprint density at radius 3 is 2.40 bits per heavy atom. The third kappa shape index (κ3) is 6.09. The van der Waals surface area contributed by atoms with E-state index >= 15 is 0 Å². The van der Waals surface area contributed by atoms with Gasteiger partial charge in [0.05, 0.1) is 6.61 Å². The lowest BCUT2D eigenvalue weighted by Gasteiger charge is -2.19. The van der Waals surface area contributed by atoms with Crippen molar-refractivity contribution in [2.24, 2.45) is 0 Å². The summed E-state index contributed by atoms with van der Waals surface area (Å²) in [5, 5.41) is 3.65. The van der Waals surface area contributed by atoms with Gasteiger partial charge in [-0.15, -0.1) is 0 Å². The first-order valence-electron chi connectivity index (χ1n) is 8.55. The van der Waals surface area contributed by atoms with E-state index in [9.17, 15) is 4.79 Å². The Balaban J connectivity index is 1.74. The van der Waals surface area contributed by atoms with Gasteiger partial charge in [-0.2, -0.15) is 0 Å². The number of hydrogen-bond acceptors (Lipinski definition) is 2. The van der Waals surface area contributed by atoms with Crippen molar-refractivity contribution in [1.29, 1.82) is 0 Å². The molecule has 0 spiro atoms. The molecular formula is C21H26ClNO2. The van der Waals surface area contributed by atoms with E-state index in [2.05, 4.69) is 38.2 Å². The molecule has 0 saturated carbocycles. The number of hydrogen-bond donors (Lipinski definition) is 1. The molecule has 0 heterocycles. The summed E-state index contributed by atoms with van der Waals surface area (Å²) in [4.78, 5) is 12.0. The van der Waals surface area contributed by atoms with Gasteiger partial charge in [-0.1, -0.05) is 44.5 Å². The van der Waals surface area contributed by atoms with E-state index < -0.39 is 0 Å². The molecule has 0 radical (unpaired) electrons. The molecule has 2 rings (SSSR count). The fourth-order valence-electron chi connectivity index (χ4n) is 2.41. The molecule has 0 atom stereocenters. The van der Waals surface area contributed by atoms with Crippen LogP contribution in [0.1, 0.15) is 44.7 Å². The van der Waals surface area contributed by atoms with Crippen molar-refractivity contribution in [3.05, 3.63) is 58.6 Å². The van der Waals surface area contributed by atoms with Crippen molar-refractivity contribution < 1.29 is 9.53 Å². The van der Waals surface area contributed by atoms with Crippen molar-refractivity contribution in [3.8, 4) is 5.75 Å². The van der Waals surface area contributed by atoms with Gasteiger partial charge in [-0.25, -0.2) is 0 Å². The van der Waals surface area contributed by atoms with E-state index in [0.29, 0.717) is 19.4 Å². The molecule has 25 heavy (non-hydrogen) atoms. The lowest BCUT2D eigenvalue weighted by molar-refractivity contribution is -0.116. The summed E-state index contributed by atoms with van der Waals surface area (Å²) in [6.07, 6.45) is 1.08. The number of halogens is 1. The van der Waals surface area contributed by atoms with Crippen molar-refractivity contribution in [3.63, 3.8) is 0 Å². The predicted octanol–water partition coefficient (Wildman–Crippen LogP) is 5.74. The van der Waals surface area contributed by atoms with Crippen molar-refractivity contribution >= 4 is 23.2 Å². The molecule has 1 N–H and O–H groups in total. The molecule has 0 aliphatic carbocycles. The third-order valence-electron chi connectivity index (χ3n) is 3.98. The predicted molar refractivity (Wildman–Crippen MR) is 105 cm³/mol.